The molecule has 5 nitrogen and oxygen atoms in total. The molecule has 0 saturated heterocycles. The van der Waals surface area contributed by atoms with Gasteiger partial charge in [0, 0.05) is 28.0 Å². The summed E-state index contributed by atoms with van der Waals surface area (Å²) in [4.78, 5) is 37.4. The van der Waals surface area contributed by atoms with Crippen molar-refractivity contribution >= 4 is 46.9 Å². The highest BCUT2D eigenvalue weighted by Gasteiger charge is 2.13. The lowest BCUT2D eigenvalue weighted by atomic mass is 10.1. The van der Waals surface area contributed by atoms with Crippen LogP contribution in [0.25, 0.3) is 0 Å². The second-order valence-electron chi connectivity index (χ2n) is 5.59. The van der Waals surface area contributed by atoms with E-state index in [2.05, 4.69) is 5.32 Å². The van der Waals surface area contributed by atoms with Crippen LogP contribution in [0.1, 0.15) is 23.7 Å². The average molecular weight is 404 g/mol. The summed E-state index contributed by atoms with van der Waals surface area (Å²) in [6.45, 7) is 1.10. The van der Waals surface area contributed by atoms with E-state index < -0.39 is 5.97 Å². The quantitative estimate of drug-likeness (QED) is 0.383. The number of rotatable bonds is 9. The van der Waals surface area contributed by atoms with Gasteiger partial charge in [0.15, 0.2) is 12.4 Å². The van der Waals surface area contributed by atoms with E-state index in [1.165, 1.54) is 18.7 Å². The maximum absolute atomic E-state index is 12.3. The maximum Gasteiger partial charge on any atom is 0.307 e. The summed E-state index contributed by atoms with van der Waals surface area (Å²) in [7, 11) is 0. The molecule has 0 heterocycles. The predicted octanol–water partition coefficient (Wildman–Crippen LogP) is 4.28. The smallest absolute Gasteiger partial charge is 0.307 e. The maximum atomic E-state index is 12.3. The van der Waals surface area contributed by atoms with Crippen molar-refractivity contribution in [3.05, 3.63) is 54.1 Å². The number of amides is 1. The Hall–Kier alpha value is -2.25. The molecule has 0 atom stereocenters. The molecule has 0 fully saturated rings. The van der Waals surface area contributed by atoms with Crippen molar-refractivity contribution < 1.29 is 19.1 Å². The van der Waals surface area contributed by atoms with Gasteiger partial charge in [-0.05, 0) is 30.5 Å². The zero-order valence-electron chi connectivity index (χ0n) is 15.2. The highest BCUT2D eigenvalue weighted by atomic mass is 32.2. The first-order valence-electron chi connectivity index (χ1n) is 8.32. The van der Waals surface area contributed by atoms with Gasteiger partial charge in [-0.3, -0.25) is 14.4 Å². The summed E-state index contributed by atoms with van der Waals surface area (Å²) in [5.74, 6) is -0.336. The number of thioether (sulfide) groups is 2. The second kappa shape index (κ2) is 10.8. The third-order valence-electron chi connectivity index (χ3n) is 3.51. The number of nitrogens with one attached hydrogen (secondary N) is 1. The molecule has 2 aromatic rings. The third-order valence-corrected chi connectivity index (χ3v) is 5.32. The van der Waals surface area contributed by atoms with Gasteiger partial charge in [-0.25, -0.2) is 0 Å². The fraction of sp³-hybridized carbons (Fsp3) is 0.250. The lowest BCUT2D eigenvalue weighted by Crippen LogP contribution is -2.15. The Kier molecular flexibility index (Phi) is 8.42. The van der Waals surface area contributed by atoms with Gasteiger partial charge in [0.05, 0.1) is 12.1 Å². The summed E-state index contributed by atoms with van der Waals surface area (Å²) >= 11 is 3.03. The van der Waals surface area contributed by atoms with Gasteiger partial charge in [-0.2, -0.15) is 0 Å². The lowest BCUT2D eigenvalue weighted by molar-refractivity contribution is -0.142. The number of anilines is 1. The zero-order chi connectivity index (χ0) is 19.6. The number of esters is 1. The van der Waals surface area contributed by atoms with Crippen molar-refractivity contribution in [3.63, 3.8) is 0 Å². The molecule has 0 aromatic heterocycles. The van der Waals surface area contributed by atoms with Crippen LogP contribution < -0.4 is 5.32 Å². The minimum Gasteiger partial charge on any atom is -0.457 e. The summed E-state index contributed by atoms with van der Waals surface area (Å²) in [5, 5.41) is 2.71. The monoisotopic (exact) mass is 403 g/mol. The van der Waals surface area contributed by atoms with Crippen molar-refractivity contribution in [1.29, 1.82) is 0 Å². The minimum absolute atomic E-state index is 0.211. The SMILES string of the molecule is CSc1ccc(C(=O)COC(=O)CCSc2ccccc2)cc1NC(C)=O. The molecular formula is C20H21NO4S2. The average Bonchev–Trinajstić information content (AvgIpc) is 2.66. The molecule has 7 heteroatoms. The van der Waals surface area contributed by atoms with Crippen molar-refractivity contribution in [2.45, 2.75) is 23.1 Å². The fourth-order valence-corrected chi connectivity index (χ4v) is 3.63. The van der Waals surface area contributed by atoms with E-state index in [9.17, 15) is 14.4 Å². The lowest BCUT2D eigenvalue weighted by Gasteiger charge is -2.10. The number of carbonyl (C=O) groups is 3. The molecule has 0 unspecified atom stereocenters. The molecule has 142 valence electrons. The van der Waals surface area contributed by atoms with Gasteiger partial charge in [0.25, 0.3) is 0 Å². The summed E-state index contributed by atoms with van der Waals surface area (Å²) in [5.41, 5.74) is 0.967. The number of ketones is 1. The normalized spacial score (nSPS) is 10.3. The van der Waals surface area contributed by atoms with Crippen LogP contribution in [0.5, 0.6) is 0 Å². The number of carbonyl (C=O) groups excluding carboxylic acids is 3. The first-order valence-corrected chi connectivity index (χ1v) is 10.5. The zero-order valence-corrected chi connectivity index (χ0v) is 16.8. The van der Waals surface area contributed by atoms with Crippen LogP contribution in [0.4, 0.5) is 5.69 Å². The molecule has 2 rings (SSSR count). The molecule has 27 heavy (non-hydrogen) atoms. The standard InChI is InChI=1S/C20H21NO4S2/c1-14(22)21-17-12-15(8-9-19(17)26-2)18(23)13-25-20(24)10-11-27-16-6-4-3-5-7-16/h3-9,12H,10-11,13H2,1-2H3,(H,21,22). The summed E-state index contributed by atoms with van der Waals surface area (Å²) in [6.07, 6.45) is 2.12. The predicted molar refractivity (Wildman–Crippen MR) is 110 cm³/mol. The van der Waals surface area contributed by atoms with Crippen molar-refractivity contribution in [1.82, 2.24) is 0 Å². The molecule has 0 aliphatic heterocycles. The fourth-order valence-electron chi connectivity index (χ4n) is 2.24. The van der Waals surface area contributed by atoms with Crippen LogP contribution in [0.2, 0.25) is 0 Å². The van der Waals surface area contributed by atoms with E-state index in [4.69, 9.17) is 4.74 Å². The molecule has 0 saturated carbocycles. The van der Waals surface area contributed by atoms with E-state index in [0.717, 1.165) is 9.79 Å². The van der Waals surface area contributed by atoms with Crippen LogP contribution in [0.3, 0.4) is 0 Å². The van der Waals surface area contributed by atoms with Gasteiger partial charge in [0.2, 0.25) is 5.91 Å². The Labute approximate surface area is 167 Å². The molecule has 2 aromatic carbocycles. The minimum atomic E-state index is -0.408. The summed E-state index contributed by atoms with van der Waals surface area (Å²) in [6, 6.07) is 14.8. The molecule has 0 spiro atoms. The summed E-state index contributed by atoms with van der Waals surface area (Å²) < 4.78 is 5.08. The van der Waals surface area contributed by atoms with Gasteiger partial charge < -0.3 is 10.1 Å². The highest BCUT2D eigenvalue weighted by Crippen LogP contribution is 2.26. The Bertz CT molecular complexity index is 809. The van der Waals surface area contributed by atoms with Crippen molar-refractivity contribution in [2.24, 2.45) is 0 Å². The van der Waals surface area contributed by atoms with E-state index in [0.29, 0.717) is 17.0 Å². The van der Waals surface area contributed by atoms with Crippen LogP contribution in [-0.4, -0.2) is 36.3 Å². The first-order chi connectivity index (χ1) is 13.0. The topological polar surface area (TPSA) is 72.5 Å². The molecule has 0 aliphatic rings. The molecule has 0 bridgehead atoms. The number of Topliss-reactive ketones (excluding diaryl/α,β-unsaturated/α-hetero) is 1. The van der Waals surface area contributed by atoms with Crippen molar-refractivity contribution in [2.75, 3.05) is 23.9 Å². The van der Waals surface area contributed by atoms with E-state index in [-0.39, 0.29) is 24.7 Å². The van der Waals surface area contributed by atoms with Crippen molar-refractivity contribution in [3.8, 4) is 0 Å². The Morgan fingerprint density at radius 1 is 1.07 bits per heavy atom. The van der Waals surface area contributed by atoms with Gasteiger partial charge in [0.1, 0.15) is 0 Å². The number of hydrogen-bond acceptors (Lipinski definition) is 6. The van der Waals surface area contributed by atoms with Crippen LogP contribution >= 0.6 is 23.5 Å². The van der Waals surface area contributed by atoms with E-state index >= 15 is 0 Å². The van der Waals surface area contributed by atoms with Gasteiger partial charge in [-0.15, -0.1) is 23.5 Å². The third kappa shape index (κ3) is 7.11. The Morgan fingerprint density at radius 2 is 1.81 bits per heavy atom. The molecule has 0 aliphatic carbocycles. The Balaban J connectivity index is 1.83. The van der Waals surface area contributed by atoms with Gasteiger partial charge >= 0.3 is 5.97 Å². The van der Waals surface area contributed by atoms with Crippen LogP contribution in [0, 0.1) is 0 Å². The van der Waals surface area contributed by atoms with Gasteiger partial charge in [-0.1, -0.05) is 24.3 Å². The van der Waals surface area contributed by atoms with E-state index in [1.807, 2.05) is 36.6 Å². The second-order valence-corrected chi connectivity index (χ2v) is 7.61. The first kappa shape index (κ1) is 21.1. The largest absolute Gasteiger partial charge is 0.457 e. The van der Waals surface area contributed by atoms with Crippen LogP contribution in [-0.2, 0) is 14.3 Å². The molecule has 1 amide bonds. The van der Waals surface area contributed by atoms with E-state index in [1.54, 1.807) is 30.0 Å². The molecule has 0 radical (unpaired) electrons. The Morgan fingerprint density at radius 3 is 2.48 bits per heavy atom. The molecular weight excluding hydrogens is 382 g/mol. The highest BCUT2D eigenvalue weighted by molar-refractivity contribution is 7.99. The number of benzene rings is 2. The molecule has 1 N–H and O–H groups in total. The number of ether oxygens (including phenoxy) is 1. The number of hydrogen-bond donors (Lipinski definition) is 1. The van der Waals surface area contributed by atoms with Crippen LogP contribution in [0.15, 0.2) is 58.3 Å².